The number of amides is 1. The number of hydrogen-bond donors (Lipinski definition) is 1. The number of nitrogens with zero attached hydrogens (tertiary/aromatic N) is 2. The number of halogens is 3. The Morgan fingerprint density at radius 3 is 2.02 bits per heavy atom. The van der Waals surface area contributed by atoms with Crippen molar-refractivity contribution >= 4 is 52.7 Å². The highest BCUT2D eigenvalue weighted by molar-refractivity contribution is 6.67. The molecule has 2 heterocycles. The van der Waals surface area contributed by atoms with E-state index in [1.807, 2.05) is 12.2 Å². The molecule has 9 nitrogen and oxygen atoms in total. The van der Waals surface area contributed by atoms with Crippen molar-refractivity contribution in [2.45, 2.75) is 87.3 Å². The summed E-state index contributed by atoms with van der Waals surface area (Å²) in [5, 5.41) is 2.29. The first kappa shape index (κ1) is 39.1. The predicted molar refractivity (Wildman–Crippen MR) is 185 cm³/mol. The van der Waals surface area contributed by atoms with Gasteiger partial charge in [-0.1, -0.05) is 115 Å². The number of alkyl halides is 3. The van der Waals surface area contributed by atoms with Crippen LogP contribution >= 0.6 is 34.8 Å². The smallest absolute Gasteiger partial charge is 0.412 e. The fraction of sp³-hybridized carbons (Fsp3) is 0.471. The van der Waals surface area contributed by atoms with Crippen molar-refractivity contribution in [3.63, 3.8) is 0 Å². The maximum Gasteiger partial charge on any atom is 0.412 e. The molecule has 1 aromatic rings. The molecule has 46 heavy (non-hydrogen) atoms. The summed E-state index contributed by atoms with van der Waals surface area (Å²) in [7, 11) is 0. The molecular formula is C34H44Cl3N3O6. The van der Waals surface area contributed by atoms with E-state index in [0.29, 0.717) is 19.3 Å². The number of carbonyl (C=O) groups is 2. The first-order valence-corrected chi connectivity index (χ1v) is 16.6. The van der Waals surface area contributed by atoms with E-state index in [1.54, 1.807) is 0 Å². The summed E-state index contributed by atoms with van der Waals surface area (Å²) in [4.78, 5) is 40.2. The minimum Gasteiger partial charge on any atom is -0.463 e. The van der Waals surface area contributed by atoms with E-state index in [1.165, 1.54) is 16.8 Å². The first-order valence-electron chi connectivity index (χ1n) is 15.5. The van der Waals surface area contributed by atoms with Gasteiger partial charge in [0.2, 0.25) is 3.79 Å². The standard InChI is InChI=1S/C34H44Cl3N3O6/c1-2-3-4-5-6-7-8-9-10-11-12-13-14-15-16-17-18-19-20-21-31(41)44-26-28-22-23-30(46-28)40-25-24-29(38-32(40)42)39-33(43)45-27-34(35,36)37/h3-4,6-7,9-10,12-13,15-16,18-19,24-25,28,30H,2,5,8,11,14,17,20-23,26-27H2,1H3,(H,38,39,42,43)/t28-,30+/m0/s1. The number of ether oxygens (including phenoxy) is 3. The number of allylic oxidation sites excluding steroid dienone is 12. The van der Waals surface area contributed by atoms with Gasteiger partial charge >= 0.3 is 17.8 Å². The van der Waals surface area contributed by atoms with E-state index in [2.05, 4.69) is 78.0 Å². The summed E-state index contributed by atoms with van der Waals surface area (Å²) in [6, 6.07) is 1.42. The molecule has 0 saturated carbocycles. The van der Waals surface area contributed by atoms with Crippen molar-refractivity contribution in [2.24, 2.45) is 0 Å². The molecule has 0 aromatic carbocycles. The Kier molecular flexibility index (Phi) is 19.7. The van der Waals surface area contributed by atoms with Gasteiger partial charge < -0.3 is 14.2 Å². The fourth-order valence-corrected chi connectivity index (χ4v) is 4.27. The van der Waals surface area contributed by atoms with Crippen LogP contribution in [0.25, 0.3) is 0 Å². The summed E-state index contributed by atoms with van der Waals surface area (Å²) >= 11 is 16.6. The normalized spacial score (nSPS) is 17.5. The van der Waals surface area contributed by atoms with E-state index in [-0.39, 0.29) is 30.9 Å². The quantitative estimate of drug-likeness (QED) is 0.0874. The van der Waals surface area contributed by atoms with Gasteiger partial charge in [0.1, 0.15) is 25.3 Å². The molecule has 1 aliphatic rings. The molecule has 1 fully saturated rings. The summed E-state index contributed by atoms with van der Waals surface area (Å²) in [5.74, 6) is -0.326. The summed E-state index contributed by atoms with van der Waals surface area (Å²) in [6.07, 6.45) is 33.0. The van der Waals surface area contributed by atoms with E-state index < -0.39 is 28.4 Å². The summed E-state index contributed by atoms with van der Waals surface area (Å²) in [5.41, 5.74) is -0.627. The average molecular weight is 697 g/mol. The zero-order chi connectivity index (χ0) is 33.5. The molecule has 252 valence electrons. The van der Waals surface area contributed by atoms with Crippen LogP contribution in [0.4, 0.5) is 10.6 Å². The SMILES string of the molecule is CCC=CCC=CCC=CCC=CCC=CCC=CCCC(=O)OC[C@@H]1CC[C@H](n2ccc(NC(=O)OCC(Cl)(Cl)Cl)nc2=O)O1. The van der Waals surface area contributed by atoms with Crippen molar-refractivity contribution in [3.05, 3.63) is 95.7 Å². The molecule has 12 heteroatoms. The topological polar surface area (TPSA) is 109 Å². The molecule has 1 N–H and O–H groups in total. The molecule has 0 aliphatic carbocycles. The van der Waals surface area contributed by atoms with Gasteiger partial charge in [0.25, 0.3) is 0 Å². The third kappa shape index (κ3) is 18.8. The highest BCUT2D eigenvalue weighted by Gasteiger charge is 2.28. The lowest BCUT2D eigenvalue weighted by atomic mass is 10.2. The van der Waals surface area contributed by atoms with Gasteiger partial charge in [0.15, 0.2) is 0 Å². The van der Waals surface area contributed by atoms with Crippen LogP contribution in [-0.4, -0.2) is 44.7 Å². The van der Waals surface area contributed by atoms with E-state index in [9.17, 15) is 14.4 Å². The molecule has 2 rings (SSSR count). The minimum atomic E-state index is -1.76. The number of hydrogen-bond acceptors (Lipinski definition) is 7. The Bertz CT molecular complexity index is 1300. The second-order valence-electron chi connectivity index (χ2n) is 10.2. The number of aromatic nitrogens is 2. The Balaban J connectivity index is 1.54. The molecule has 1 amide bonds. The van der Waals surface area contributed by atoms with Gasteiger partial charge in [-0.15, -0.1) is 0 Å². The van der Waals surface area contributed by atoms with Crippen LogP contribution in [-0.2, 0) is 19.0 Å². The van der Waals surface area contributed by atoms with Crippen LogP contribution in [0.15, 0.2) is 90.0 Å². The lowest BCUT2D eigenvalue weighted by Crippen LogP contribution is -2.29. The molecule has 1 saturated heterocycles. The van der Waals surface area contributed by atoms with Gasteiger partial charge in [-0.25, -0.2) is 9.59 Å². The molecule has 1 aromatic heterocycles. The number of nitrogens with one attached hydrogen (secondary N) is 1. The van der Waals surface area contributed by atoms with Crippen molar-refractivity contribution in [1.82, 2.24) is 9.55 Å². The van der Waals surface area contributed by atoms with Crippen LogP contribution in [0.5, 0.6) is 0 Å². The van der Waals surface area contributed by atoms with Crippen LogP contribution in [0.3, 0.4) is 0 Å². The van der Waals surface area contributed by atoms with Gasteiger partial charge in [-0.05, 0) is 63.9 Å². The second-order valence-corrected chi connectivity index (χ2v) is 12.8. The zero-order valence-corrected chi connectivity index (χ0v) is 28.5. The zero-order valence-electron chi connectivity index (χ0n) is 26.2. The Hall–Kier alpha value is -3.11. The van der Waals surface area contributed by atoms with Crippen molar-refractivity contribution < 1.29 is 23.8 Å². The minimum absolute atomic E-state index is 0.0223. The largest absolute Gasteiger partial charge is 0.463 e. The lowest BCUT2D eigenvalue weighted by Gasteiger charge is -2.16. The van der Waals surface area contributed by atoms with E-state index >= 15 is 0 Å². The Labute approximate surface area is 286 Å². The maximum absolute atomic E-state index is 12.5. The first-order chi connectivity index (χ1) is 22.2. The highest BCUT2D eigenvalue weighted by atomic mass is 35.6. The lowest BCUT2D eigenvalue weighted by molar-refractivity contribution is -0.148. The number of rotatable bonds is 19. The Morgan fingerprint density at radius 1 is 0.913 bits per heavy atom. The van der Waals surface area contributed by atoms with Crippen molar-refractivity contribution in [3.8, 4) is 0 Å². The Morgan fingerprint density at radius 2 is 1.48 bits per heavy atom. The van der Waals surface area contributed by atoms with E-state index in [4.69, 9.17) is 49.0 Å². The number of esters is 1. The van der Waals surface area contributed by atoms with E-state index in [0.717, 1.165) is 38.5 Å². The highest BCUT2D eigenvalue weighted by Crippen LogP contribution is 2.28. The van der Waals surface area contributed by atoms with Crippen molar-refractivity contribution in [2.75, 3.05) is 18.5 Å². The van der Waals surface area contributed by atoms with Crippen LogP contribution in [0.2, 0.25) is 0 Å². The second kappa shape index (κ2) is 23.2. The van der Waals surface area contributed by atoms with Crippen LogP contribution in [0, 0.1) is 0 Å². The average Bonchev–Trinajstić information content (AvgIpc) is 3.48. The molecule has 0 unspecified atom stereocenters. The van der Waals surface area contributed by atoms with Crippen molar-refractivity contribution in [1.29, 1.82) is 0 Å². The molecular weight excluding hydrogens is 653 g/mol. The fourth-order valence-electron chi connectivity index (χ4n) is 4.10. The molecule has 0 spiro atoms. The van der Waals surface area contributed by atoms with Gasteiger partial charge in [0, 0.05) is 12.6 Å². The third-order valence-corrected chi connectivity index (χ3v) is 6.69. The summed E-state index contributed by atoms with van der Waals surface area (Å²) < 4.78 is 15.5. The van der Waals surface area contributed by atoms with Gasteiger partial charge in [-0.2, -0.15) is 4.98 Å². The molecule has 0 bridgehead atoms. The summed E-state index contributed by atoms with van der Waals surface area (Å²) in [6.45, 7) is 1.78. The van der Waals surface area contributed by atoms with Crippen LogP contribution in [0.1, 0.15) is 77.4 Å². The number of carbonyl (C=O) groups excluding carboxylic acids is 2. The molecule has 0 radical (unpaired) electrons. The number of anilines is 1. The predicted octanol–water partition coefficient (Wildman–Crippen LogP) is 8.86. The molecule has 1 aliphatic heterocycles. The monoisotopic (exact) mass is 695 g/mol. The van der Waals surface area contributed by atoms with Crippen LogP contribution < -0.4 is 11.0 Å². The molecule has 2 atom stereocenters. The van der Waals surface area contributed by atoms with Gasteiger partial charge in [0.05, 0.1) is 6.10 Å². The maximum atomic E-state index is 12.5. The van der Waals surface area contributed by atoms with Gasteiger partial charge in [-0.3, -0.25) is 14.7 Å². The third-order valence-electron chi connectivity index (χ3n) is 6.36.